The maximum atomic E-state index is 12.5. The molecule has 4 saturated carbocycles. The van der Waals surface area contributed by atoms with Gasteiger partial charge in [0.05, 0.1) is 42.7 Å². The fourth-order valence-electron chi connectivity index (χ4n) is 11.2. The Morgan fingerprint density at radius 2 is 1.70 bits per heavy atom. The van der Waals surface area contributed by atoms with Crippen molar-refractivity contribution in [3.63, 3.8) is 0 Å². The van der Waals surface area contributed by atoms with Crippen LogP contribution in [-0.4, -0.2) is 128 Å². The van der Waals surface area contributed by atoms with Gasteiger partial charge < -0.3 is 59.4 Å². The van der Waals surface area contributed by atoms with Crippen LogP contribution in [0.5, 0.6) is 0 Å². The number of hydrogen-bond donors (Lipinski definition) is 7. The van der Waals surface area contributed by atoms with Crippen LogP contribution in [0.3, 0.4) is 0 Å². The van der Waals surface area contributed by atoms with Gasteiger partial charge in [-0.1, -0.05) is 6.92 Å². The summed E-state index contributed by atoms with van der Waals surface area (Å²) in [6.07, 6.45) is -2.10. The van der Waals surface area contributed by atoms with Crippen LogP contribution in [0.25, 0.3) is 0 Å². The van der Waals surface area contributed by atoms with Crippen molar-refractivity contribution in [2.75, 3.05) is 19.8 Å². The van der Waals surface area contributed by atoms with Gasteiger partial charge in [0.1, 0.15) is 31.0 Å². The van der Waals surface area contributed by atoms with Gasteiger partial charge in [0.2, 0.25) is 0 Å². The molecule has 3 aliphatic heterocycles. The third-order valence-electron chi connectivity index (χ3n) is 13.8. The minimum atomic E-state index is -1.49. The molecule has 0 bridgehead atoms. The quantitative estimate of drug-likeness (QED) is 0.148. The van der Waals surface area contributed by atoms with E-state index < -0.39 is 71.2 Å². The minimum absolute atomic E-state index is 0.0629. The van der Waals surface area contributed by atoms with E-state index in [1.807, 2.05) is 0 Å². The molecule has 7 N–H and O–H groups in total. The summed E-state index contributed by atoms with van der Waals surface area (Å²) in [7, 11) is 0. The topological polar surface area (TPSA) is 205 Å². The number of esters is 1. The Labute approximate surface area is 274 Å². The van der Waals surface area contributed by atoms with Crippen molar-refractivity contribution in [3.05, 3.63) is 11.6 Å². The van der Waals surface area contributed by atoms with E-state index in [2.05, 4.69) is 6.92 Å². The summed E-state index contributed by atoms with van der Waals surface area (Å²) in [5.41, 5.74) is -2.41. The molecule has 7 rings (SSSR count). The molecule has 7 aliphatic rings. The number of cyclic esters (lactones) is 1. The zero-order valence-corrected chi connectivity index (χ0v) is 27.3. The summed E-state index contributed by atoms with van der Waals surface area (Å²) in [6.45, 7) is 3.74. The number of fused-ring (bicyclic) bond motifs is 5. The molecule has 0 spiro atoms. The summed E-state index contributed by atoms with van der Waals surface area (Å²) in [4.78, 5) is 11.9. The lowest BCUT2D eigenvalue weighted by atomic mass is 9.41. The first-order valence-electron chi connectivity index (χ1n) is 17.5. The highest BCUT2D eigenvalue weighted by molar-refractivity contribution is 5.85. The maximum absolute atomic E-state index is 12.5. The number of aliphatic hydroxyl groups excluding tert-OH is 5. The van der Waals surface area contributed by atoms with Gasteiger partial charge in [-0.3, -0.25) is 0 Å². The van der Waals surface area contributed by atoms with Crippen LogP contribution in [0, 0.1) is 28.6 Å². The second-order valence-electron chi connectivity index (χ2n) is 15.8. The fourth-order valence-corrected chi connectivity index (χ4v) is 11.2. The van der Waals surface area contributed by atoms with Gasteiger partial charge in [-0.15, -0.1) is 0 Å². The van der Waals surface area contributed by atoms with Crippen molar-refractivity contribution in [3.8, 4) is 0 Å². The summed E-state index contributed by atoms with van der Waals surface area (Å²) in [6, 6.07) is 0. The van der Waals surface area contributed by atoms with Crippen molar-refractivity contribution < 1.29 is 64.2 Å². The Morgan fingerprint density at radius 3 is 2.40 bits per heavy atom. The number of hydrogen-bond acceptors (Lipinski definition) is 13. The normalized spacial score (nSPS) is 54.7. The molecular weight excluding hydrogens is 616 g/mol. The van der Waals surface area contributed by atoms with E-state index in [4.69, 9.17) is 23.7 Å². The van der Waals surface area contributed by atoms with Gasteiger partial charge in [-0.2, -0.15) is 0 Å². The number of aliphatic hydroxyl groups is 7. The van der Waals surface area contributed by atoms with Crippen LogP contribution in [0.4, 0.5) is 0 Å². The standard InChI is InChI=1S/C34H52O13/c1-17-29(47-30-28(40)27(39)24(37)15-44-30)23(36)12-26(45-17)46-19-3-8-32(16-35)21-4-7-31(2)20(18-11-25(38)43-14-18)6-10-34(31,42)22(21)5-9-33(32,41)13-19/h11,17,19-24,26-30,35-37,39-42H,3-10,12-16H2,1-2H3/t17-,19+,20?,21?,22?,23+,24-,26+,27-,28-,29-,30+,31-,32+,33+,34+/m1/s1. The summed E-state index contributed by atoms with van der Waals surface area (Å²) >= 11 is 0. The molecule has 3 heterocycles. The van der Waals surface area contributed by atoms with Crippen LogP contribution in [-0.2, 0) is 28.5 Å². The van der Waals surface area contributed by atoms with Crippen LogP contribution >= 0.6 is 0 Å². The van der Waals surface area contributed by atoms with Crippen molar-refractivity contribution in [2.45, 2.75) is 145 Å². The Bertz CT molecular complexity index is 1220. The molecule has 13 heteroatoms. The van der Waals surface area contributed by atoms with E-state index in [-0.39, 0.29) is 56.1 Å². The average molecular weight is 669 g/mol. The smallest absolute Gasteiger partial charge is 0.331 e. The second kappa shape index (κ2) is 12.2. The van der Waals surface area contributed by atoms with Gasteiger partial charge >= 0.3 is 5.97 Å². The molecule has 266 valence electrons. The molecule has 0 aromatic heterocycles. The zero-order valence-electron chi connectivity index (χ0n) is 27.3. The SMILES string of the molecule is C[C@H]1O[C@@H](O[C@H]2CC[C@]3(CO)C4CC[C@]5(C)C(C6=CC(=O)OC6)CC[C@]5(O)C4CC[C@]3(O)C2)C[C@H](O)[C@@H]1O[C@@H]1OC[C@@H](O)[C@@H](O)[C@H]1O. The van der Waals surface area contributed by atoms with Crippen molar-refractivity contribution >= 4 is 5.97 Å². The highest BCUT2D eigenvalue weighted by Crippen LogP contribution is 2.70. The Kier molecular flexibility index (Phi) is 8.90. The lowest BCUT2D eigenvalue weighted by Crippen LogP contribution is -2.69. The number of rotatable bonds is 6. The molecule has 2 saturated heterocycles. The lowest BCUT2D eigenvalue weighted by Gasteiger charge is -2.66. The Hall–Kier alpha value is -1.23. The van der Waals surface area contributed by atoms with Crippen LogP contribution in [0.15, 0.2) is 11.6 Å². The van der Waals surface area contributed by atoms with Crippen LogP contribution in [0.2, 0.25) is 0 Å². The van der Waals surface area contributed by atoms with Gasteiger partial charge in [0.25, 0.3) is 0 Å². The largest absolute Gasteiger partial charge is 0.458 e. The Balaban J connectivity index is 1.01. The van der Waals surface area contributed by atoms with Crippen LogP contribution in [0.1, 0.15) is 78.1 Å². The van der Waals surface area contributed by atoms with Gasteiger partial charge in [0, 0.05) is 29.7 Å². The molecule has 0 aromatic carbocycles. The lowest BCUT2D eigenvalue weighted by molar-refractivity contribution is -0.332. The number of carbonyl (C=O) groups is 1. The van der Waals surface area contributed by atoms with E-state index in [0.717, 1.165) is 24.8 Å². The van der Waals surface area contributed by atoms with Crippen molar-refractivity contribution in [2.24, 2.45) is 28.6 Å². The Morgan fingerprint density at radius 1 is 0.936 bits per heavy atom. The number of ether oxygens (including phenoxy) is 5. The molecule has 3 unspecified atom stereocenters. The minimum Gasteiger partial charge on any atom is -0.458 e. The predicted molar refractivity (Wildman–Crippen MR) is 161 cm³/mol. The van der Waals surface area contributed by atoms with Crippen molar-refractivity contribution in [1.29, 1.82) is 0 Å². The molecule has 16 atom stereocenters. The first-order chi connectivity index (χ1) is 22.2. The zero-order chi connectivity index (χ0) is 33.5. The van der Waals surface area contributed by atoms with Gasteiger partial charge in [-0.25, -0.2) is 4.79 Å². The third-order valence-corrected chi connectivity index (χ3v) is 13.8. The molecule has 6 fully saturated rings. The van der Waals surface area contributed by atoms with E-state index >= 15 is 0 Å². The maximum Gasteiger partial charge on any atom is 0.331 e. The molecule has 4 aliphatic carbocycles. The second-order valence-corrected chi connectivity index (χ2v) is 15.8. The fraction of sp³-hybridized carbons (Fsp3) is 0.912. The van der Waals surface area contributed by atoms with E-state index in [0.29, 0.717) is 38.5 Å². The van der Waals surface area contributed by atoms with Crippen LogP contribution < -0.4 is 0 Å². The third kappa shape index (κ3) is 5.26. The summed E-state index contributed by atoms with van der Waals surface area (Å²) in [5, 5.41) is 76.8. The number of carbonyl (C=O) groups excluding carboxylic acids is 1. The average Bonchev–Trinajstić information content (AvgIpc) is 3.57. The van der Waals surface area contributed by atoms with Gasteiger partial charge in [-0.05, 0) is 81.6 Å². The molecule has 0 radical (unpaired) electrons. The monoisotopic (exact) mass is 668 g/mol. The highest BCUT2D eigenvalue weighted by atomic mass is 16.7. The van der Waals surface area contributed by atoms with Crippen molar-refractivity contribution in [1.82, 2.24) is 0 Å². The summed E-state index contributed by atoms with van der Waals surface area (Å²) in [5.74, 6) is -0.406. The first kappa shape index (κ1) is 34.2. The van der Waals surface area contributed by atoms with E-state index in [1.165, 1.54) is 0 Å². The first-order valence-corrected chi connectivity index (χ1v) is 17.5. The molecule has 47 heavy (non-hydrogen) atoms. The van der Waals surface area contributed by atoms with E-state index in [9.17, 15) is 40.5 Å². The highest BCUT2D eigenvalue weighted by Gasteiger charge is 2.71. The molecule has 0 amide bonds. The molecule has 13 nitrogen and oxygen atoms in total. The molecule has 0 aromatic rings. The van der Waals surface area contributed by atoms with Gasteiger partial charge in [0.15, 0.2) is 12.6 Å². The molecular formula is C34H52O13. The predicted octanol–water partition coefficient (Wildman–Crippen LogP) is 0.0359. The summed E-state index contributed by atoms with van der Waals surface area (Å²) < 4.78 is 28.8. The van der Waals surface area contributed by atoms with E-state index in [1.54, 1.807) is 13.0 Å².